The normalized spacial score (nSPS) is 12.1. The van der Waals surface area contributed by atoms with Crippen LogP contribution in [0.5, 0.6) is 5.75 Å². The first-order valence-corrected chi connectivity index (χ1v) is 6.34. The second-order valence-electron chi connectivity index (χ2n) is 4.38. The standard InChI is InChI=1S/C16H17FO2/c17-15-6-4-5-13(11-15)14(12-18)9-10-19-16-7-2-1-3-8-16/h1-8,11,14,18H,9-10,12H2. The van der Waals surface area contributed by atoms with Crippen molar-refractivity contribution in [3.63, 3.8) is 0 Å². The van der Waals surface area contributed by atoms with Gasteiger partial charge in [-0.3, -0.25) is 0 Å². The number of ether oxygens (including phenoxy) is 1. The van der Waals surface area contributed by atoms with Gasteiger partial charge in [0.1, 0.15) is 11.6 Å². The summed E-state index contributed by atoms with van der Waals surface area (Å²) in [5.41, 5.74) is 0.805. The van der Waals surface area contributed by atoms with E-state index >= 15 is 0 Å². The molecule has 2 aromatic rings. The predicted molar refractivity (Wildman–Crippen MR) is 72.8 cm³/mol. The maximum Gasteiger partial charge on any atom is 0.123 e. The Kier molecular flexibility index (Phi) is 4.93. The van der Waals surface area contributed by atoms with Gasteiger partial charge in [-0.05, 0) is 36.2 Å². The third-order valence-electron chi connectivity index (χ3n) is 3.02. The Morgan fingerprint density at radius 1 is 1.05 bits per heavy atom. The zero-order valence-electron chi connectivity index (χ0n) is 10.6. The lowest BCUT2D eigenvalue weighted by atomic mass is 9.97. The van der Waals surface area contributed by atoms with Crippen molar-refractivity contribution in [2.75, 3.05) is 13.2 Å². The highest BCUT2D eigenvalue weighted by Crippen LogP contribution is 2.20. The van der Waals surface area contributed by atoms with E-state index in [0.29, 0.717) is 13.0 Å². The zero-order chi connectivity index (χ0) is 13.5. The van der Waals surface area contributed by atoms with Gasteiger partial charge in [0.2, 0.25) is 0 Å². The Labute approximate surface area is 112 Å². The molecule has 0 saturated carbocycles. The molecule has 0 heterocycles. The molecule has 2 rings (SSSR count). The maximum absolute atomic E-state index is 13.1. The fraction of sp³-hybridized carbons (Fsp3) is 0.250. The van der Waals surface area contributed by atoms with Crippen LogP contribution in [0.1, 0.15) is 17.9 Å². The van der Waals surface area contributed by atoms with Gasteiger partial charge in [-0.1, -0.05) is 30.3 Å². The Bertz CT molecular complexity index is 499. The van der Waals surface area contributed by atoms with Gasteiger partial charge < -0.3 is 9.84 Å². The lowest BCUT2D eigenvalue weighted by molar-refractivity contribution is 0.229. The number of aliphatic hydroxyl groups excluding tert-OH is 1. The van der Waals surface area contributed by atoms with Gasteiger partial charge in [-0.25, -0.2) is 4.39 Å². The summed E-state index contributed by atoms with van der Waals surface area (Å²) in [6.45, 7) is 0.480. The summed E-state index contributed by atoms with van der Waals surface area (Å²) >= 11 is 0. The number of rotatable bonds is 6. The molecule has 2 aromatic carbocycles. The van der Waals surface area contributed by atoms with Crippen LogP contribution in [-0.4, -0.2) is 18.3 Å². The molecule has 0 spiro atoms. The molecule has 0 aliphatic heterocycles. The Hall–Kier alpha value is -1.87. The van der Waals surface area contributed by atoms with Gasteiger partial charge in [-0.15, -0.1) is 0 Å². The first-order valence-electron chi connectivity index (χ1n) is 6.34. The van der Waals surface area contributed by atoms with E-state index in [-0.39, 0.29) is 18.3 Å². The van der Waals surface area contributed by atoms with Crippen molar-refractivity contribution < 1.29 is 14.2 Å². The van der Waals surface area contributed by atoms with Crippen LogP contribution in [0.4, 0.5) is 4.39 Å². The molecule has 0 aliphatic carbocycles. The van der Waals surface area contributed by atoms with Gasteiger partial charge in [-0.2, -0.15) is 0 Å². The van der Waals surface area contributed by atoms with Crippen LogP contribution >= 0.6 is 0 Å². The van der Waals surface area contributed by atoms with Gasteiger partial charge in [0, 0.05) is 5.92 Å². The van der Waals surface area contributed by atoms with Crippen LogP contribution in [0.25, 0.3) is 0 Å². The Morgan fingerprint density at radius 3 is 2.53 bits per heavy atom. The number of hydrogen-bond donors (Lipinski definition) is 1. The number of halogens is 1. The van der Waals surface area contributed by atoms with E-state index < -0.39 is 0 Å². The SMILES string of the molecule is OCC(CCOc1ccccc1)c1cccc(F)c1. The molecule has 1 N–H and O–H groups in total. The second-order valence-corrected chi connectivity index (χ2v) is 4.38. The van der Waals surface area contributed by atoms with Crippen molar-refractivity contribution >= 4 is 0 Å². The van der Waals surface area contributed by atoms with E-state index in [2.05, 4.69) is 0 Å². The van der Waals surface area contributed by atoms with Gasteiger partial charge in [0.05, 0.1) is 13.2 Å². The summed E-state index contributed by atoms with van der Waals surface area (Å²) in [4.78, 5) is 0. The van der Waals surface area contributed by atoms with Crippen LogP contribution in [0.15, 0.2) is 54.6 Å². The number of hydrogen-bond acceptors (Lipinski definition) is 2. The van der Waals surface area contributed by atoms with Crippen molar-refractivity contribution in [1.29, 1.82) is 0 Å². The minimum atomic E-state index is -0.278. The topological polar surface area (TPSA) is 29.5 Å². The summed E-state index contributed by atoms with van der Waals surface area (Å²) in [7, 11) is 0. The smallest absolute Gasteiger partial charge is 0.123 e. The van der Waals surface area contributed by atoms with Gasteiger partial charge in [0.15, 0.2) is 0 Å². The predicted octanol–water partition coefficient (Wildman–Crippen LogP) is 3.37. The molecule has 1 atom stereocenters. The number of para-hydroxylation sites is 1. The van der Waals surface area contributed by atoms with E-state index in [4.69, 9.17) is 4.74 Å². The van der Waals surface area contributed by atoms with Crippen LogP contribution < -0.4 is 4.74 Å². The molecule has 100 valence electrons. The minimum absolute atomic E-state index is 0.0123. The summed E-state index contributed by atoms with van der Waals surface area (Å²) in [5.74, 6) is 0.428. The molecule has 1 unspecified atom stereocenters. The molecule has 0 fully saturated rings. The Balaban J connectivity index is 1.89. The molecule has 2 nitrogen and oxygen atoms in total. The van der Waals surface area contributed by atoms with E-state index in [9.17, 15) is 9.50 Å². The quantitative estimate of drug-likeness (QED) is 0.863. The van der Waals surface area contributed by atoms with Crippen molar-refractivity contribution in [2.45, 2.75) is 12.3 Å². The summed E-state index contributed by atoms with van der Waals surface area (Å²) in [6, 6.07) is 15.9. The van der Waals surface area contributed by atoms with E-state index in [1.54, 1.807) is 6.07 Å². The highest BCUT2D eigenvalue weighted by Gasteiger charge is 2.11. The highest BCUT2D eigenvalue weighted by atomic mass is 19.1. The second kappa shape index (κ2) is 6.90. The molecular weight excluding hydrogens is 243 g/mol. The zero-order valence-corrected chi connectivity index (χ0v) is 10.6. The van der Waals surface area contributed by atoms with Gasteiger partial charge >= 0.3 is 0 Å². The molecule has 0 saturated heterocycles. The monoisotopic (exact) mass is 260 g/mol. The Morgan fingerprint density at radius 2 is 1.84 bits per heavy atom. The summed E-state index contributed by atoms with van der Waals surface area (Å²) in [6.07, 6.45) is 0.648. The molecule has 0 aliphatic rings. The number of benzene rings is 2. The molecule has 0 bridgehead atoms. The molecule has 0 aromatic heterocycles. The fourth-order valence-corrected chi connectivity index (χ4v) is 1.96. The van der Waals surface area contributed by atoms with E-state index in [1.165, 1.54) is 12.1 Å². The first-order chi connectivity index (χ1) is 9.29. The van der Waals surface area contributed by atoms with Crippen LogP contribution in [0.2, 0.25) is 0 Å². The van der Waals surface area contributed by atoms with E-state index in [0.717, 1.165) is 11.3 Å². The first kappa shape index (κ1) is 13.6. The van der Waals surface area contributed by atoms with Crippen molar-refractivity contribution in [3.05, 3.63) is 66.0 Å². The summed E-state index contributed by atoms with van der Waals surface area (Å²) in [5, 5.41) is 9.39. The molecule has 0 radical (unpaired) electrons. The van der Waals surface area contributed by atoms with Crippen molar-refractivity contribution in [2.24, 2.45) is 0 Å². The highest BCUT2D eigenvalue weighted by molar-refractivity contribution is 5.22. The van der Waals surface area contributed by atoms with Crippen LogP contribution in [0, 0.1) is 5.82 Å². The van der Waals surface area contributed by atoms with Crippen molar-refractivity contribution in [1.82, 2.24) is 0 Å². The fourth-order valence-electron chi connectivity index (χ4n) is 1.96. The lowest BCUT2D eigenvalue weighted by Gasteiger charge is -2.15. The minimum Gasteiger partial charge on any atom is -0.494 e. The third kappa shape index (κ3) is 4.07. The molecular formula is C16H17FO2. The third-order valence-corrected chi connectivity index (χ3v) is 3.02. The lowest BCUT2D eigenvalue weighted by Crippen LogP contribution is -2.09. The molecule has 3 heteroatoms. The molecule has 0 amide bonds. The largest absolute Gasteiger partial charge is 0.494 e. The average molecular weight is 260 g/mol. The van der Waals surface area contributed by atoms with Crippen LogP contribution in [-0.2, 0) is 0 Å². The van der Waals surface area contributed by atoms with Gasteiger partial charge in [0.25, 0.3) is 0 Å². The maximum atomic E-state index is 13.1. The summed E-state index contributed by atoms with van der Waals surface area (Å²) < 4.78 is 18.7. The van der Waals surface area contributed by atoms with Crippen LogP contribution in [0.3, 0.4) is 0 Å². The van der Waals surface area contributed by atoms with Crippen molar-refractivity contribution in [3.8, 4) is 5.75 Å². The molecule has 19 heavy (non-hydrogen) atoms. The van der Waals surface area contributed by atoms with E-state index in [1.807, 2.05) is 36.4 Å². The average Bonchev–Trinajstić information content (AvgIpc) is 2.45. The number of aliphatic hydroxyl groups is 1.